The molecule has 1 aromatic heterocycles. The second-order valence-electron chi connectivity index (χ2n) is 7.43. The molecule has 2 atom stereocenters. The lowest BCUT2D eigenvalue weighted by Gasteiger charge is -2.29. The Morgan fingerprint density at radius 3 is 1.27 bits per heavy atom. The molecule has 0 amide bonds. The Kier molecular flexibility index (Phi) is 7.11. The molecule has 1 rings (SSSR count). The van der Waals surface area contributed by atoms with Gasteiger partial charge in [0.1, 0.15) is 0 Å². The van der Waals surface area contributed by atoms with Crippen molar-refractivity contribution in [3.8, 4) is 0 Å². The first-order chi connectivity index (χ1) is 10.2. The minimum absolute atomic E-state index is 0.470. The second kappa shape index (κ2) is 8.35. The van der Waals surface area contributed by atoms with E-state index in [1.54, 1.807) is 0 Å². The molecule has 0 aliphatic rings. The fraction of sp³-hybridized carbons (Fsp3) is 0.778. The summed E-state index contributed by atoms with van der Waals surface area (Å²) in [5, 5.41) is 8.85. The van der Waals surface area contributed by atoms with Crippen LogP contribution in [-0.4, -0.2) is 36.4 Å². The van der Waals surface area contributed by atoms with Crippen LogP contribution in [0.1, 0.15) is 54.4 Å². The van der Waals surface area contributed by atoms with Gasteiger partial charge >= 0.3 is 0 Å². The Morgan fingerprint density at radius 1 is 0.727 bits per heavy atom. The molecule has 0 spiro atoms. The van der Waals surface area contributed by atoms with E-state index >= 15 is 0 Å². The normalized spacial score (nSPS) is 14.3. The van der Waals surface area contributed by atoms with Crippen molar-refractivity contribution >= 4 is 11.6 Å². The largest absolute Gasteiger partial charge is 0.355 e. The summed E-state index contributed by atoms with van der Waals surface area (Å²) in [7, 11) is 4.20. The third-order valence-electron chi connectivity index (χ3n) is 4.31. The van der Waals surface area contributed by atoms with Crippen molar-refractivity contribution in [3.63, 3.8) is 0 Å². The van der Waals surface area contributed by atoms with Crippen molar-refractivity contribution in [1.82, 2.24) is 10.2 Å². The van der Waals surface area contributed by atoms with Crippen LogP contribution < -0.4 is 9.80 Å². The van der Waals surface area contributed by atoms with E-state index in [0.29, 0.717) is 23.9 Å². The van der Waals surface area contributed by atoms with Gasteiger partial charge < -0.3 is 9.80 Å². The van der Waals surface area contributed by atoms with Gasteiger partial charge in [0.15, 0.2) is 11.6 Å². The predicted octanol–water partition coefficient (Wildman–Crippen LogP) is 4.22. The van der Waals surface area contributed by atoms with E-state index in [1.807, 2.05) is 0 Å². The van der Waals surface area contributed by atoms with E-state index in [9.17, 15) is 0 Å². The van der Waals surface area contributed by atoms with Gasteiger partial charge in [0, 0.05) is 26.2 Å². The number of rotatable bonds is 8. The molecule has 126 valence electrons. The van der Waals surface area contributed by atoms with Crippen LogP contribution in [-0.2, 0) is 0 Å². The standard InChI is InChI=1S/C18H34N4/c1-13(2)11-15(5)21(7)17-9-10-18(20-19-17)22(8)16(6)12-14(3)4/h9-10,13-16H,11-12H2,1-8H3. The highest BCUT2D eigenvalue weighted by Crippen LogP contribution is 2.20. The van der Waals surface area contributed by atoms with Crippen LogP contribution in [0.3, 0.4) is 0 Å². The summed E-state index contributed by atoms with van der Waals surface area (Å²) >= 11 is 0. The minimum atomic E-state index is 0.470. The molecule has 0 aliphatic heterocycles. The van der Waals surface area contributed by atoms with E-state index in [4.69, 9.17) is 0 Å². The summed E-state index contributed by atoms with van der Waals surface area (Å²) in [6, 6.07) is 5.10. The van der Waals surface area contributed by atoms with E-state index in [2.05, 4.69) is 87.8 Å². The molecule has 0 radical (unpaired) electrons. The van der Waals surface area contributed by atoms with Gasteiger partial charge in [-0.2, -0.15) is 0 Å². The summed E-state index contributed by atoms with van der Waals surface area (Å²) in [6.07, 6.45) is 2.32. The Hall–Kier alpha value is -1.32. The molecule has 0 fully saturated rings. The van der Waals surface area contributed by atoms with Gasteiger partial charge in [-0.1, -0.05) is 27.7 Å². The molecule has 1 heterocycles. The molecule has 4 nitrogen and oxygen atoms in total. The number of nitrogens with zero attached hydrogens (tertiary/aromatic N) is 4. The van der Waals surface area contributed by atoms with Crippen LogP contribution in [0.5, 0.6) is 0 Å². The first-order valence-corrected chi connectivity index (χ1v) is 8.51. The average molecular weight is 306 g/mol. The molecular weight excluding hydrogens is 272 g/mol. The Morgan fingerprint density at radius 2 is 1.05 bits per heavy atom. The zero-order valence-corrected chi connectivity index (χ0v) is 15.7. The summed E-state index contributed by atoms with van der Waals surface area (Å²) < 4.78 is 0. The van der Waals surface area contributed by atoms with E-state index in [0.717, 1.165) is 24.5 Å². The first kappa shape index (κ1) is 18.7. The summed E-state index contributed by atoms with van der Waals surface area (Å²) in [5.41, 5.74) is 0. The highest BCUT2D eigenvalue weighted by molar-refractivity contribution is 5.45. The predicted molar refractivity (Wildman–Crippen MR) is 96.7 cm³/mol. The highest BCUT2D eigenvalue weighted by atomic mass is 15.3. The second-order valence-corrected chi connectivity index (χ2v) is 7.43. The molecular formula is C18H34N4. The number of hydrogen-bond acceptors (Lipinski definition) is 4. The molecule has 0 N–H and O–H groups in total. The monoisotopic (exact) mass is 306 g/mol. The molecule has 0 saturated heterocycles. The zero-order valence-electron chi connectivity index (χ0n) is 15.7. The minimum Gasteiger partial charge on any atom is -0.355 e. The molecule has 2 unspecified atom stereocenters. The van der Waals surface area contributed by atoms with Crippen LogP contribution in [0, 0.1) is 11.8 Å². The van der Waals surface area contributed by atoms with Crippen molar-refractivity contribution in [3.05, 3.63) is 12.1 Å². The third-order valence-corrected chi connectivity index (χ3v) is 4.31. The average Bonchev–Trinajstić information content (AvgIpc) is 2.44. The number of aromatic nitrogens is 2. The van der Waals surface area contributed by atoms with E-state index in [-0.39, 0.29) is 0 Å². The molecule has 1 aromatic rings. The molecule has 22 heavy (non-hydrogen) atoms. The molecule has 0 aromatic carbocycles. The third kappa shape index (κ3) is 5.47. The van der Waals surface area contributed by atoms with Crippen LogP contribution >= 0.6 is 0 Å². The van der Waals surface area contributed by atoms with Gasteiger partial charge in [0.05, 0.1) is 0 Å². The fourth-order valence-corrected chi connectivity index (χ4v) is 2.83. The zero-order chi connectivity index (χ0) is 16.9. The van der Waals surface area contributed by atoms with Crippen molar-refractivity contribution in [2.45, 2.75) is 66.5 Å². The van der Waals surface area contributed by atoms with Crippen LogP contribution in [0.15, 0.2) is 12.1 Å². The maximum Gasteiger partial charge on any atom is 0.151 e. The molecule has 0 bridgehead atoms. The van der Waals surface area contributed by atoms with Gasteiger partial charge in [-0.25, -0.2) is 0 Å². The summed E-state index contributed by atoms with van der Waals surface area (Å²) in [6.45, 7) is 13.5. The van der Waals surface area contributed by atoms with Crippen molar-refractivity contribution < 1.29 is 0 Å². The number of hydrogen-bond donors (Lipinski definition) is 0. The Labute approximate surface area is 136 Å². The molecule has 4 heteroatoms. The maximum absolute atomic E-state index is 4.42. The lowest BCUT2D eigenvalue weighted by molar-refractivity contribution is 0.497. The summed E-state index contributed by atoms with van der Waals surface area (Å²) in [5.74, 6) is 3.27. The topological polar surface area (TPSA) is 32.3 Å². The van der Waals surface area contributed by atoms with Crippen LogP contribution in [0.4, 0.5) is 11.6 Å². The smallest absolute Gasteiger partial charge is 0.151 e. The highest BCUT2D eigenvalue weighted by Gasteiger charge is 2.16. The Balaban J connectivity index is 2.73. The fourth-order valence-electron chi connectivity index (χ4n) is 2.83. The van der Waals surface area contributed by atoms with Gasteiger partial charge in [-0.15, -0.1) is 10.2 Å². The van der Waals surface area contributed by atoms with Gasteiger partial charge in [-0.3, -0.25) is 0 Å². The van der Waals surface area contributed by atoms with Gasteiger partial charge in [0.2, 0.25) is 0 Å². The first-order valence-electron chi connectivity index (χ1n) is 8.51. The van der Waals surface area contributed by atoms with Crippen molar-refractivity contribution in [2.75, 3.05) is 23.9 Å². The molecule has 0 aliphatic carbocycles. The van der Waals surface area contributed by atoms with Gasteiger partial charge in [-0.05, 0) is 50.7 Å². The van der Waals surface area contributed by atoms with E-state index < -0.39 is 0 Å². The van der Waals surface area contributed by atoms with Crippen molar-refractivity contribution in [1.29, 1.82) is 0 Å². The Bertz CT molecular complexity index is 386. The quantitative estimate of drug-likeness (QED) is 0.720. The van der Waals surface area contributed by atoms with E-state index in [1.165, 1.54) is 0 Å². The summed E-state index contributed by atoms with van der Waals surface area (Å²) in [4.78, 5) is 4.43. The SMILES string of the molecule is CC(C)CC(C)N(C)c1ccc(N(C)C(C)CC(C)C)nn1. The van der Waals surface area contributed by atoms with Crippen molar-refractivity contribution in [2.24, 2.45) is 11.8 Å². The number of anilines is 2. The lowest BCUT2D eigenvalue weighted by Crippen LogP contribution is -2.32. The van der Waals surface area contributed by atoms with Gasteiger partial charge in [0.25, 0.3) is 0 Å². The van der Waals surface area contributed by atoms with Crippen LogP contribution in [0.2, 0.25) is 0 Å². The lowest BCUT2D eigenvalue weighted by atomic mass is 10.0. The maximum atomic E-state index is 4.42. The van der Waals surface area contributed by atoms with Crippen LogP contribution in [0.25, 0.3) is 0 Å². The molecule has 0 saturated carbocycles.